The Morgan fingerprint density at radius 2 is 1.90 bits per heavy atom. The average molecular weight is 393 g/mol. The maximum atomic E-state index is 13.5. The van der Waals surface area contributed by atoms with Crippen LogP contribution < -0.4 is 0 Å². The average Bonchev–Trinajstić information content (AvgIpc) is 2.73. The number of amides is 1. The number of aryl methyl sites for hydroxylation is 1. The van der Waals surface area contributed by atoms with Crippen LogP contribution in [0, 0.1) is 18.6 Å². The molecule has 1 aromatic heterocycles. The molecule has 0 N–H and O–H groups in total. The number of aromatic nitrogens is 2. The summed E-state index contributed by atoms with van der Waals surface area (Å²) >= 11 is 0. The molecule has 1 aliphatic heterocycles. The first-order valence-corrected chi connectivity index (χ1v) is 9.65. The van der Waals surface area contributed by atoms with Gasteiger partial charge in [0.05, 0.1) is 0 Å². The number of likely N-dealkylation sites (tertiary alicyclic amines) is 1. The van der Waals surface area contributed by atoms with E-state index < -0.39 is 11.6 Å². The van der Waals surface area contributed by atoms with Crippen LogP contribution in [-0.4, -0.2) is 33.9 Å². The van der Waals surface area contributed by atoms with Gasteiger partial charge in [0.25, 0.3) is 5.91 Å². The van der Waals surface area contributed by atoms with Gasteiger partial charge in [-0.25, -0.2) is 18.7 Å². The van der Waals surface area contributed by atoms with Gasteiger partial charge in [0.15, 0.2) is 5.82 Å². The first kappa shape index (κ1) is 19.2. The monoisotopic (exact) mass is 393 g/mol. The van der Waals surface area contributed by atoms with E-state index in [1.54, 1.807) is 11.1 Å². The van der Waals surface area contributed by atoms with E-state index in [0.717, 1.165) is 47.9 Å². The number of benzene rings is 2. The molecule has 1 aliphatic rings. The van der Waals surface area contributed by atoms with Crippen LogP contribution in [-0.2, 0) is 0 Å². The van der Waals surface area contributed by atoms with Gasteiger partial charge in [-0.3, -0.25) is 4.79 Å². The van der Waals surface area contributed by atoms with Crippen molar-refractivity contribution >= 4 is 5.91 Å². The predicted octanol–water partition coefficient (Wildman–Crippen LogP) is 4.75. The van der Waals surface area contributed by atoms with Crippen LogP contribution in [0.25, 0.3) is 11.4 Å². The number of hydrogen-bond donors (Lipinski definition) is 0. The number of rotatable bonds is 3. The minimum absolute atomic E-state index is 0.0336. The van der Waals surface area contributed by atoms with Crippen LogP contribution in [0.5, 0.6) is 0 Å². The first-order chi connectivity index (χ1) is 14.0. The Labute approximate surface area is 168 Å². The summed E-state index contributed by atoms with van der Waals surface area (Å²) in [6.45, 7) is 3.04. The summed E-state index contributed by atoms with van der Waals surface area (Å²) in [5, 5.41) is 0. The van der Waals surface area contributed by atoms with Crippen LogP contribution in [0.4, 0.5) is 8.78 Å². The number of halogens is 2. The minimum atomic E-state index is -0.750. The molecule has 0 aliphatic carbocycles. The van der Waals surface area contributed by atoms with Gasteiger partial charge < -0.3 is 4.90 Å². The van der Waals surface area contributed by atoms with Crippen molar-refractivity contribution in [1.82, 2.24) is 14.9 Å². The van der Waals surface area contributed by atoms with Crippen molar-refractivity contribution in [3.63, 3.8) is 0 Å². The molecule has 2 heterocycles. The van der Waals surface area contributed by atoms with Crippen molar-refractivity contribution in [2.45, 2.75) is 25.7 Å². The van der Waals surface area contributed by atoms with Crippen LogP contribution in [0.3, 0.4) is 0 Å². The SMILES string of the molecule is Cc1cccc(-c2nccc([C@H]3CCCN(C(=O)c4cc(F)cc(F)c4)C3)n2)c1. The lowest BCUT2D eigenvalue weighted by atomic mass is 9.94. The van der Waals surface area contributed by atoms with Gasteiger partial charge in [0.1, 0.15) is 11.6 Å². The molecule has 0 unspecified atom stereocenters. The fraction of sp³-hybridized carbons (Fsp3) is 0.261. The van der Waals surface area contributed by atoms with Crippen molar-refractivity contribution in [3.05, 3.63) is 83.2 Å². The molecule has 0 saturated carbocycles. The highest BCUT2D eigenvalue weighted by atomic mass is 19.1. The third kappa shape index (κ3) is 4.31. The largest absolute Gasteiger partial charge is 0.338 e. The number of nitrogens with zero attached hydrogens (tertiary/aromatic N) is 3. The van der Waals surface area contributed by atoms with E-state index in [1.165, 1.54) is 0 Å². The fourth-order valence-electron chi connectivity index (χ4n) is 3.79. The Bertz CT molecular complexity index is 1030. The second kappa shape index (κ2) is 8.07. The molecule has 1 amide bonds. The van der Waals surface area contributed by atoms with Gasteiger partial charge in [0, 0.05) is 48.1 Å². The van der Waals surface area contributed by atoms with E-state index in [4.69, 9.17) is 4.98 Å². The lowest BCUT2D eigenvalue weighted by Gasteiger charge is -2.32. The summed E-state index contributed by atoms with van der Waals surface area (Å²) < 4.78 is 27.0. The topological polar surface area (TPSA) is 46.1 Å². The number of piperidine rings is 1. The fourth-order valence-corrected chi connectivity index (χ4v) is 3.79. The van der Waals surface area contributed by atoms with Gasteiger partial charge >= 0.3 is 0 Å². The maximum Gasteiger partial charge on any atom is 0.254 e. The van der Waals surface area contributed by atoms with Crippen LogP contribution in [0.1, 0.15) is 40.4 Å². The quantitative estimate of drug-likeness (QED) is 0.645. The van der Waals surface area contributed by atoms with Gasteiger partial charge in [-0.2, -0.15) is 0 Å². The molecule has 2 aromatic carbocycles. The zero-order valence-electron chi connectivity index (χ0n) is 16.1. The highest BCUT2D eigenvalue weighted by Crippen LogP contribution is 2.28. The molecule has 1 atom stereocenters. The van der Waals surface area contributed by atoms with Crippen LogP contribution >= 0.6 is 0 Å². The third-order valence-electron chi connectivity index (χ3n) is 5.19. The van der Waals surface area contributed by atoms with Crippen molar-refractivity contribution in [2.75, 3.05) is 13.1 Å². The molecule has 4 nitrogen and oxygen atoms in total. The van der Waals surface area contributed by atoms with Crippen LogP contribution in [0.2, 0.25) is 0 Å². The molecule has 1 saturated heterocycles. The van der Waals surface area contributed by atoms with E-state index in [9.17, 15) is 13.6 Å². The molecule has 0 bridgehead atoms. The van der Waals surface area contributed by atoms with Gasteiger partial charge in [-0.15, -0.1) is 0 Å². The molecule has 3 aromatic rings. The molecule has 6 heteroatoms. The number of hydrogen-bond acceptors (Lipinski definition) is 3. The molecular formula is C23H21F2N3O. The summed E-state index contributed by atoms with van der Waals surface area (Å²) in [5.74, 6) is -1.15. The smallest absolute Gasteiger partial charge is 0.254 e. The molecule has 1 fully saturated rings. The second-order valence-corrected chi connectivity index (χ2v) is 7.42. The summed E-state index contributed by atoms with van der Waals surface area (Å²) in [5.41, 5.74) is 2.99. The van der Waals surface area contributed by atoms with Crippen molar-refractivity contribution in [3.8, 4) is 11.4 Å². The highest BCUT2D eigenvalue weighted by molar-refractivity contribution is 5.94. The van der Waals surface area contributed by atoms with Crippen molar-refractivity contribution < 1.29 is 13.6 Å². The Hall–Kier alpha value is -3.15. The van der Waals surface area contributed by atoms with E-state index in [2.05, 4.69) is 4.98 Å². The predicted molar refractivity (Wildman–Crippen MR) is 106 cm³/mol. The zero-order chi connectivity index (χ0) is 20.4. The Morgan fingerprint density at radius 3 is 2.66 bits per heavy atom. The molecule has 0 radical (unpaired) electrons. The summed E-state index contributed by atoms with van der Waals surface area (Å²) in [6, 6.07) is 12.8. The van der Waals surface area contributed by atoms with E-state index in [0.29, 0.717) is 18.9 Å². The first-order valence-electron chi connectivity index (χ1n) is 9.65. The lowest BCUT2D eigenvalue weighted by molar-refractivity contribution is 0.0705. The number of carbonyl (C=O) groups is 1. The standard InChI is InChI=1S/C23H21F2N3O/c1-15-4-2-5-16(10-15)22-26-8-7-21(27-22)17-6-3-9-28(14-17)23(29)18-11-19(24)13-20(25)12-18/h2,4-5,7-8,10-13,17H,3,6,9,14H2,1H3/t17-/m0/s1. The second-order valence-electron chi connectivity index (χ2n) is 7.42. The molecule has 148 valence electrons. The molecule has 29 heavy (non-hydrogen) atoms. The third-order valence-corrected chi connectivity index (χ3v) is 5.19. The van der Waals surface area contributed by atoms with Gasteiger partial charge in [-0.1, -0.05) is 23.8 Å². The maximum absolute atomic E-state index is 13.5. The van der Waals surface area contributed by atoms with Gasteiger partial charge in [0.2, 0.25) is 0 Å². The molecular weight excluding hydrogens is 372 g/mol. The normalized spacial score (nSPS) is 16.7. The summed E-state index contributed by atoms with van der Waals surface area (Å²) in [7, 11) is 0. The highest BCUT2D eigenvalue weighted by Gasteiger charge is 2.27. The van der Waals surface area contributed by atoms with E-state index in [-0.39, 0.29) is 17.4 Å². The Kier molecular flexibility index (Phi) is 5.34. The molecule has 4 rings (SSSR count). The van der Waals surface area contributed by atoms with E-state index in [1.807, 2.05) is 37.3 Å². The minimum Gasteiger partial charge on any atom is -0.338 e. The zero-order valence-corrected chi connectivity index (χ0v) is 16.1. The Morgan fingerprint density at radius 1 is 1.10 bits per heavy atom. The van der Waals surface area contributed by atoms with Crippen molar-refractivity contribution in [1.29, 1.82) is 0 Å². The van der Waals surface area contributed by atoms with Crippen LogP contribution in [0.15, 0.2) is 54.7 Å². The van der Waals surface area contributed by atoms with Crippen molar-refractivity contribution in [2.24, 2.45) is 0 Å². The lowest BCUT2D eigenvalue weighted by Crippen LogP contribution is -2.39. The number of carbonyl (C=O) groups excluding carboxylic acids is 1. The van der Waals surface area contributed by atoms with Gasteiger partial charge in [-0.05, 0) is 44.0 Å². The summed E-state index contributed by atoms with van der Waals surface area (Å²) in [4.78, 5) is 23.5. The van der Waals surface area contributed by atoms with E-state index >= 15 is 0 Å². The molecule has 0 spiro atoms. The summed E-state index contributed by atoms with van der Waals surface area (Å²) in [6.07, 6.45) is 3.44. The Balaban J connectivity index is 1.55.